The van der Waals surface area contributed by atoms with E-state index >= 15 is 0 Å². The molecule has 4 aromatic rings. The van der Waals surface area contributed by atoms with E-state index in [1.54, 1.807) is 18.2 Å². The Balaban J connectivity index is 1.62. The van der Waals surface area contributed by atoms with Gasteiger partial charge in [-0.3, -0.25) is 24.5 Å². The summed E-state index contributed by atoms with van der Waals surface area (Å²) in [6.07, 6.45) is 0.184. The number of anilines is 1. The molecule has 13 nitrogen and oxygen atoms in total. The van der Waals surface area contributed by atoms with Crippen molar-refractivity contribution in [3.05, 3.63) is 89.0 Å². The monoisotopic (exact) mass is 547 g/mol. The molecule has 1 unspecified atom stereocenters. The smallest absolute Gasteiger partial charge is 0.329 e. The van der Waals surface area contributed by atoms with E-state index in [4.69, 9.17) is 27.9 Å². The van der Waals surface area contributed by atoms with E-state index in [0.29, 0.717) is 16.3 Å². The van der Waals surface area contributed by atoms with Crippen molar-refractivity contribution in [3.63, 3.8) is 0 Å². The number of hydrazone groups is 1. The van der Waals surface area contributed by atoms with Crippen molar-refractivity contribution in [3.8, 4) is 5.75 Å². The number of aryl methyl sites for hydroxylation is 1. The average molecular weight is 548 g/mol. The standard InChI is InChI=1S/C22H19Cl2N7O6/c1-29-19-18(20(33)27-22(29)34)30(10-15(32)11-37-17-6-5-13(23)8-16(17)24)21(26-19)28-25-9-12-3-2-4-14(7-12)31(35)36/h2-9,15,32H,10-11H2,1H3,(H,26,28)(H,27,33,34). The number of fused-ring (bicyclic) bond motifs is 1. The Morgan fingerprint density at radius 3 is 2.81 bits per heavy atom. The highest BCUT2D eigenvalue weighted by Gasteiger charge is 2.20. The van der Waals surface area contributed by atoms with Crippen LogP contribution in [0.15, 0.2) is 57.2 Å². The molecule has 0 fully saturated rings. The summed E-state index contributed by atoms with van der Waals surface area (Å²) in [4.78, 5) is 41.6. The molecule has 192 valence electrons. The molecular formula is C22H19Cl2N7O6. The van der Waals surface area contributed by atoms with E-state index in [9.17, 15) is 24.8 Å². The van der Waals surface area contributed by atoms with Gasteiger partial charge < -0.3 is 14.4 Å². The number of nitro groups is 1. The Morgan fingerprint density at radius 1 is 1.30 bits per heavy atom. The molecule has 0 radical (unpaired) electrons. The molecule has 37 heavy (non-hydrogen) atoms. The first-order valence-corrected chi connectivity index (χ1v) is 11.4. The fourth-order valence-electron chi connectivity index (χ4n) is 3.42. The van der Waals surface area contributed by atoms with Crippen LogP contribution in [-0.4, -0.2) is 48.1 Å². The normalized spacial score (nSPS) is 12.2. The van der Waals surface area contributed by atoms with E-state index in [-0.39, 0.29) is 41.0 Å². The summed E-state index contributed by atoms with van der Waals surface area (Å²) >= 11 is 12.0. The van der Waals surface area contributed by atoms with Crippen LogP contribution in [0, 0.1) is 10.1 Å². The Kier molecular flexibility index (Phi) is 7.57. The van der Waals surface area contributed by atoms with Crippen LogP contribution in [0.3, 0.4) is 0 Å². The number of nitro benzene ring substituents is 1. The highest BCUT2D eigenvalue weighted by Crippen LogP contribution is 2.27. The second-order valence-electron chi connectivity index (χ2n) is 7.80. The summed E-state index contributed by atoms with van der Waals surface area (Å²) in [6, 6.07) is 10.4. The number of hydrogen-bond donors (Lipinski definition) is 3. The molecule has 0 aliphatic carbocycles. The SMILES string of the molecule is Cn1c(=O)[nH]c(=O)c2c1nc(NN=Cc1cccc([N+](=O)[O-])c1)n2CC(O)COc1ccc(Cl)cc1Cl. The third kappa shape index (κ3) is 5.80. The molecule has 0 spiro atoms. The van der Waals surface area contributed by atoms with Crippen molar-refractivity contribution in [2.75, 3.05) is 12.0 Å². The number of halogens is 2. The van der Waals surface area contributed by atoms with Gasteiger partial charge in [-0.05, 0) is 18.2 Å². The number of aliphatic hydroxyl groups is 1. The summed E-state index contributed by atoms with van der Waals surface area (Å²) in [5.74, 6) is 0.340. The van der Waals surface area contributed by atoms with Gasteiger partial charge in [0.1, 0.15) is 18.5 Å². The Labute approximate surface area is 217 Å². The first-order chi connectivity index (χ1) is 17.6. The lowest BCUT2D eigenvalue weighted by molar-refractivity contribution is -0.384. The van der Waals surface area contributed by atoms with Crippen molar-refractivity contribution in [1.29, 1.82) is 0 Å². The lowest BCUT2D eigenvalue weighted by Crippen LogP contribution is -2.30. The van der Waals surface area contributed by atoms with Gasteiger partial charge >= 0.3 is 5.69 Å². The highest BCUT2D eigenvalue weighted by molar-refractivity contribution is 6.35. The second kappa shape index (κ2) is 10.8. The van der Waals surface area contributed by atoms with Crippen molar-refractivity contribution < 1.29 is 14.8 Å². The molecule has 4 rings (SSSR count). The molecular weight excluding hydrogens is 529 g/mol. The number of nitrogens with one attached hydrogen (secondary N) is 2. The second-order valence-corrected chi connectivity index (χ2v) is 8.64. The van der Waals surface area contributed by atoms with Crippen LogP contribution in [0.5, 0.6) is 5.75 Å². The minimum absolute atomic E-state index is 0.0127. The Bertz CT molecular complexity index is 1630. The fraction of sp³-hybridized carbons (Fsp3) is 0.182. The van der Waals surface area contributed by atoms with Crippen molar-refractivity contribution >= 4 is 52.2 Å². The van der Waals surface area contributed by atoms with Crippen molar-refractivity contribution in [1.82, 2.24) is 19.1 Å². The average Bonchev–Trinajstić information content (AvgIpc) is 3.21. The minimum Gasteiger partial charge on any atom is -0.489 e. The first kappa shape index (κ1) is 25.9. The van der Waals surface area contributed by atoms with E-state index < -0.39 is 22.3 Å². The number of benzene rings is 2. The Hall–Kier alpha value is -4.20. The third-order valence-electron chi connectivity index (χ3n) is 5.18. The van der Waals surface area contributed by atoms with Crippen LogP contribution in [0.25, 0.3) is 11.2 Å². The molecule has 2 heterocycles. The molecule has 0 bridgehead atoms. The molecule has 3 N–H and O–H groups in total. The fourth-order valence-corrected chi connectivity index (χ4v) is 3.89. The molecule has 0 amide bonds. The predicted octanol–water partition coefficient (Wildman–Crippen LogP) is 2.52. The maximum absolute atomic E-state index is 12.6. The van der Waals surface area contributed by atoms with E-state index in [1.165, 1.54) is 42.1 Å². The van der Waals surface area contributed by atoms with Crippen LogP contribution in [0.4, 0.5) is 11.6 Å². The number of hydrogen-bond acceptors (Lipinski definition) is 9. The van der Waals surface area contributed by atoms with Crippen molar-refractivity contribution in [2.24, 2.45) is 12.1 Å². The minimum atomic E-state index is -1.14. The van der Waals surface area contributed by atoms with E-state index in [1.807, 2.05) is 0 Å². The third-order valence-corrected chi connectivity index (χ3v) is 5.72. The maximum atomic E-state index is 12.6. The van der Waals surface area contributed by atoms with Gasteiger partial charge in [0.25, 0.3) is 11.2 Å². The Morgan fingerprint density at radius 2 is 2.08 bits per heavy atom. The van der Waals surface area contributed by atoms with Gasteiger partial charge in [-0.2, -0.15) is 10.1 Å². The predicted molar refractivity (Wildman–Crippen MR) is 138 cm³/mol. The number of H-pyrrole nitrogens is 1. The van der Waals surface area contributed by atoms with Gasteiger partial charge in [-0.25, -0.2) is 10.2 Å². The molecule has 0 saturated heterocycles. The quantitative estimate of drug-likeness (QED) is 0.163. The number of rotatable bonds is 9. The zero-order valence-corrected chi connectivity index (χ0v) is 20.6. The van der Waals surface area contributed by atoms with Crippen molar-refractivity contribution in [2.45, 2.75) is 12.6 Å². The number of imidazole rings is 1. The number of aliphatic hydroxyl groups excluding tert-OH is 1. The lowest BCUT2D eigenvalue weighted by Gasteiger charge is -2.15. The molecule has 15 heteroatoms. The number of nitrogens with zero attached hydrogens (tertiary/aromatic N) is 5. The number of non-ortho nitro benzene ring substituents is 1. The summed E-state index contributed by atoms with van der Waals surface area (Å²) in [6.45, 7) is -0.362. The zero-order valence-electron chi connectivity index (χ0n) is 19.1. The molecule has 1 atom stereocenters. The lowest BCUT2D eigenvalue weighted by atomic mass is 10.2. The maximum Gasteiger partial charge on any atom is 0.329 e. The molecule has 0 aliphatic rings. The molecule has 0 aliphatic heterocycles. The van der Waals surface area contributed by atoms with E-state index in [0.717, 1.165) is 4.57 Å². The van der Waals surface area contributed by atoms with Crippen LogP contribution >= 0.6 is 23.2 Å². The van der Waals surface area contributed by atoms with Gasteiger partial charge in [-0.15, -0.1) is 0 Å². The summed E-state index contributed by atoms with van der Waals surface area (Å²) < 4.78 is 8.06. The molecule has 0 saturated carbocycles. The topological polar surface area (TPSA) is 170 Å². The molecule has 2 aromatic heterocycles. The summed E-state index contributed by atoms with van der Waals surface area (Å²) in [5, 5.41) is 26.4. The first-order valence-electron chi connectivity index (χ1n) is 10.6. The number of aromatic nitrogens is 4. The summed E-state index contributed by atoms with van der Waals surface area (Å²) in [5.41, 5.74) is 1.67. The van der Waals surface area contributed by atoms with Gasteiger partial charge in [0, 0.05) is 29.8 Å². The van der Waals surface area contributed by atoms with E-state index in [2.05, 4.69) is 20.5 Å². The van der Waals surface area contributed by atoms with Crippen LogP contribution < -0.4 is 21.4 Å². The van der Waals surface area contributed by atoms with Gasteiger partial charge in [-0.1, -0.05) is 35.3 Å². The number of aromatic amines is 1. The largest absolute Gasteiger partial charge is 0.489 e. The number of ether oxygens (including phenoxy) is 1. The van der Waals surface area contributed by atoms with Crippen LogP contribution in [-0.2, 0) is 13.6 Å². The van der Waals surface area contributed by atoms with Gasteiger partial charge in [0.05, 0.1) is 22.7 Å². The highest BCUT2D eigenvalue weighted by atomic mass is 35.5. The van der Waals surface area contributed by atoms with Gasteiger partial charge in [0.2, 0.25) is 5.95 Å². The van der Waals surface area contributed by atoms with Crippen LogP contribution in [0.2, 0.25) is 10.0 Å². The van der Waals surface area contributed by atoms with Gasteiger partial charge in [0.15, 0.2) is 11.2 Å². The molecule has 2 aromatic carbocycles. The van der Waals surface area contributed by atoms with Crippen LogP contribution in [0.1, 0.15) is 5.56 Å². The zero-order chi connectivity index (χ0) is 26.7. The summed E-state index contributed by atoms with van der Waals surface area (Å²) in [7, 11) is 1.43.